The van der Waals surface area contributed by atoms with Crippen LogP contribution in [-0.4, -0.2) is 13.1 Å². The third-order valence-electron chi connectivity index (χ3n) is 2.14. The van der Waals surface area contributed by atoms with E-state index in [1.807, 2.05) is 0 Å². The zero-order chi connectivity index (χ0) is 7.61. The number of rotatable bonds is 1. The molecule has 54 valence electrons. The predicted molar refractivity (Wildman–Crippen MR) is 42.4 cm³/mol. The van der Waals surface area contributed by atoms with E-state index in [0.717, 1.165) is 25.7 Å². The second-order valence-corrected chi connectivity index (χ2v) is 3.33. The van der Waals surface area contributed by atoms with Gasteiger partial charge in [-0.3, -0.25) is 4.79 Å². The highest BCUT2D eigenvalue weighted by Gasteiger charge is 2.32. The molecule has 0 aromatic heterocycles. The van der Waals surface area contributed by atoms with Crippen LogP contribution in [-0.2, 0) is 4.79 Å². The lowest BCUT2D eigenvalue weighted by Crippen LogP contribution is -2.22. The molecule has 0 spiro atoms. The summed E-state index contributed by atoms with van der Waals surface area (Å²) in [6, 6.07) is 0. The normalized spacial score (nSPS) is 24.1. The molecular weight excluding hydrogens is 146 g/mol. The van der Waals surface area contributed by atoms with Gasteiger partial charge in [-0.15, -0.1) is 0 Å². The van der Waals surface area contributed by atoms with E-state index in [9.17, 15) is 4.79 Å². The maximum absolute atomic E-state index is 10.8. The average molecular weight is 156 g/mol. The van der Waals surface area contributed by atoms with E-state index < -0.39 is 5.31 Å². The third kappa shape index (κ3) is 1.54. The zero-order valence-corrected chi connectivity index (χ0v) is 6.66. The maximum atomic E-state index is 10.8. The number of hydrogen-bond donors (Lipinski definition) is 0. The van der Waals surface area contributed by atoms with Crippen molar-refractivity contribution in [2.75, 3.05) is 0 Å². The lowest BCUT2D eigenvalue weighted by atomic mass is 9.61. The van der Waals surface area contributed by atoms with Crippen LogP contribution in [0.25, 0.3) is 0 Å². The number of hydrogen-bond acceptors (Lipinski definition) is 1. The van der Waals surface area contributed by atoms with Gasteiger partial charge in [0.15, 0.2) is 0 Å². The van der Waals surface area contributed by atoms with Gasteiger partial charge in [0.25, 0.3) is 0 Å². The van der Waals surface area contributed by atoms with Crippen LogP contribution >= 0.6 is 11.6 Å². The molecule has 0 saturated heterocycles. The van der Waals surface area contributed by atoms with E-state index >= 15 is 0 Å². The Morgan fingerprint density at radius 3 is 2.10 bits per heavy atom. The first-order valence-electron chi connectivity index (χ1n) is 3.64. The average Bonchev–Trinajstić information content (AvgIpc) is 1.89. The summed E-state index contributed by atoms with van der Waals surface area (Å²) in [5.41, 5.74) is 0. The van der Waals surface area contributed by atoms with Gasteiger partial charge in [-0.1, -0.05) is 19.3 Å². The van der Waals surface area contributed by atoms with Crippen molar-refractivity contribution < 1.29 is 4.79 Å². The Kier molecular flexibility index (Phi) is 2.40. The van der Waals surface area contributed by atoms with E-state index in [0.29, 0.717) is 0 Å². The molecule has 0 aromatic rings. The maximum Gasteiger partial charge on any atom is 0.219 e. The van der Waals surface area contributed by atoms with Crippen molar-refractivity contribution >= 4 is 24.7 Å². The van der Waals surface area contributed by atoms with Crippen LogP contribution in [0.1, 0.15) is 32.1 Å². The molecule has 1 aliphatic carbocycles. The summed E-state index contributed by atoms with van der Waals surface area (Å²) in [5.74, 6) is 0. The standard InChI is InChI=1S/C7H10BClO/c8-7(6(9)10)4-2-1-3-5-7/h1-5H2. The summed E-state index contributed by atoms with van der Waals surface area (Å²) >= 11 is 5.33. The quantitative estimate of drug-likeness (QED) is 0.419. The second-order valence-electron chi connectivity index (χ2n) is 2.99. The minimum Gasteiger partial charge on any atom is -0.282 e. The molecule has 0 atom stereocenters. The summed E-state index contributed by atoms with van der Waals surface area (Å²) in [4.78, 5) is 10.8. The Labute approximate surface area is 67.5 Å². The highest BCUT2D eigenvalue weighted by atomic mass is 35.5. The molecule has 0 amide bonds. The summed E-state index contributed by atoms with van der Waals surface area (Å²) in [6.45, 7) is 0. The molecule has 0 aromatic carbocycles. The van der Waals surface area contributed by atoms with Gasteiger partial charge >= 0.3 is 0 Å². The monoisotopic (exact) mass is 156 g/mol. The summed E-state index contributed by atoms with van der Waals surface area (Å²) in [6.07, 6.45) is 4.78. The molecule has 10 heavy (non-hydrogen) atoms. The van der Waals surface area contributed by atoms with Gasteiger partial charge in [0.05, 0.1) is 7.85 Å². The van der Waals surface area contributed by atoms with Crippen LogP contribution in [0.4, 0.5) is 0 Å². The topological polar surface area (TPSA) is 17.1 Å². The van der Waals surface area contributed by atoms with Gasteiger partial charge in [0.2, 0.25) is 5.24 Å². The first-order valence-corrected chi connectivity index (χ1v) is 4.02. The molecule has 1 rings (SSSR count). The van der Waals surface area contributed by atoms with Crippen molar-refractivity contribution in [3.05, 3.63) is 0 Å². The number of carbonyl (C=O) groups is 1. The van der Waals surface area contributed by atoms with Gasteiger partial charge < -0.3 is 0 Å². The van der Waals surface area contributed by atoms with Crippen LogP contribution in [0.5, 0.6) is 0 Å². The number of halogens is 1. The van der Waals surface area contributed by atoms with Crippen molar-refractivity contribution in [3.8, 4) is 0 Å². The summed E-state index contributed by atoms with van der Waals surface area (Å²) in [7, 11) is 5.72. The molecule has 1 aliphatic rings. The van der Waals surface area contributed by atoms with Crippen molar-refractivity contribution in [2.24, 2.45) is 0 Å². The smallest absolute Gasteiger partial charge is 0.219 e. The minimum atomic E-state index is -0.695. The predicted octanol–water partition coefficient (Wildman–Crippen LogP) is 2.04. The molecule has 0 bridgehead atoms. The highest BCUT2D eigenvalue weighted by molar-refractivity contribution is 6.69. The van der Waals surface area contributed by atoms with Gasteiger partial charge in [-0.05, 0) is 24.4 Å². The summed E-state index contributed by atoms with van der Waals surface area (Å²) in [5, 5.41) is -1.06. The molecule has 1 nitrogen and oxygen atoms in total. The van der Waals surface area contributed by atoms with Crippen molar-refractivity contribution in [1.29, 1.82) is 0 Å². The molecule has 0 heterocycles. The second kappa shape index (κ2) is 2.95. The van der Waals surface area contributed by atoms with E-state index in [-0.39, 0.29) is 5.24 Å². The molecular formula is C7H10BClO. The highest BCUT2D eigenvalue weighted by Crippen LogP contribution is 2.41. The van der Waals surface area contributed by atoms with E-state index in [4.69, 9.17) is 19.4 Å². The first kappa shape index (κ1) is 8.12. The Hall–Kier alpha value is 0.0249. The summed E-state index contributed by atoms with van der Waals surface area (Å²) < 4.78 is 0. The fourth-order valence-corrected chi connectivity index (χ4v) is 1.57. The molecule has 1 fully saturated rings. The zero-order valence-electron chi connectivity index (χ0n) is 5.90. The van der Waals surface area contributed by atoms with Gasteiger partial charge in [0.1, 0.15) is 0 Å². The van der Waals surface area contributed by atoms with E-state index in [2.05, 4.69) is 0 Å². The van der Waals surface area contributed by atoms with E-state index in [1.165, 1.54) is 6.42 Å². The molecule has 0 unspecified atom stereocenters. The fraction of sp³-hybridized carbons (Fsp3) is 0.857. The lowest BCUT2D eigenvalue weighted by Gasteiger charge is -2.29. The minimum absolute atomic E-state index is 0.368. The molecule has 3 heteroatoms. The lowest BCUT2D eigenvalue weighted by molar-refractivity contribution is -0.115. The number of carbonyl (C=O) groups excluding carboxylic acids is 1. The first-order chi connectivity index (χ1) is 4.65. The Morgan fingerprint density at radius 2 is 1.80 bits per heavy atom. The largest absolute Gasteiger partial charge is 0.282 e. The van der Waals surface area contributed by atoms with Crippen molar-refractivity contribution in [2.45, 2.75) is 37.4 Å². The molecule has 0 aliphatic heterocycles. The third-order valence-corrected chi connectivity index (χ3v) is 2.51. The van der Waals surface area contributed by atoms with E-state index in [1.54, 1.807) is 0 Å². The van der Waals surface area contributed by atoms with Crippen LogP contribution in [0.2, 0.25) is 5.31 Å². The Bertz CT molecular complexity index is 141. The van der Waals surface area contributed by atoms with Crippen LogP contribution in [0, 0.1) is 0 Å². The Morgan fingerprint density at radius 1 is 1.30 bits per heavy atom. The fourth-order valence-electron chi connectivity index (χ4n) is 1.38. The van der Waals surface area contributed by atoms with Crippen LogP contribution in [0.15, 0.2) is 0 Å². The van der Waals surface area contributed by atoms with Crippen molar-refractivity contribution in [1.82, 2.24) is 0 Å². The van der Waals surface area contributed by atoms with Crippen LogP contribution in [0.3, 0.4) is 0 Å². The Balaban J connectivity index is 2.56. The van der Waals surface area contributed by atoms with Crippen molar-refractivity contribution in [3.63, 3.8) is 0 Å². The van der Waals surface area contributed by atoms with Crippen LogP contribution < -0.4 is 0 Å². The molecule has 1 saturated carbocycles. The molecule has 2 radical (unpaired) electrons. The van der Waals surface area contributed by atoms with Gasteiger partial charge in [-0.2, -0.15) is 0 Å². The van der Waals surface area contributed by atoms with Gasteiger partial charge in [0, 0.05) is 5.31 Å². The van der Waals surface area contributed by atoms with Gasteiger partial charge in [-0.25, -0.2) is 0 Å². The SMILES string of the molecule is [B]C1(C(=O)Cl)CCCCC1. The molecule has 0 N–H and O–H groups in total.